The van der Waals surface area contributed by atoms with Gasteiger partial charge in [-0.2, -0.15) is 8.42 Å². The molecule has 1 aliphatic heterocycles. The maximum atomic E-state index is 12.9. The second kappa shape index (κ2) is 6.66. The van der Waals surface area contributed by atoms with Crippen LogP contribution in [0.3, 0.4) is 0 Å². The van der Waals surface area contributed by atoms with Crippen LogP contribution in [0.15, 0.2) is 42.5 Å². The van der Waals surface area contributed by atoms with Gasteiger partial charge >= 0.3 is 0 Å². The first kappa shape index (κ1) is 16.5. The molecule has 0 spiro atoms. The smallest absolute Gasteiger partial charge is 0.264 e. The first-order chi connectivity index (χ1) is 11.4. The topological polar surface area (TPSA) is 71.1 Å². The second-order valence-corrected chi connectivity index (χ2v) is 6.85. The van der Waals surface area contributed by atoms with Gasteiger partial charge < -0.3 is 14.2 Å². The third kappa shape index (κ3) is 4.36. The van der Waals surface area contributed by atoms with E-state index in [1.54, 1.807) is 18.2 Å². The van der Waals surface area contributed by atoms with E-state index < -0.39 is 16.2 Å². The van der Waals surface area contributed by atoms with Gasteiger partial charge in [-0.3, -0.25) is 4.18 Å². The van der Waals surface area contributed by atoms with Gasteiger partial charge in [-0.25, -0.2) is 4.39 Å². The fraction of sp³-hybridized carbons (Fsp3) is 0.250. The highest BCUT2D eigenvalue weighted by Crippen LogP contribution is 2.36. The van der Waals surface area contributed by atoms with Crippen molar-refractivity contribution in [2.75, 3.05) is 19.5 Å². The summed E-state index contributed by atoms with van der Waals surface area (Å²) in [6.07, 6.45) is 0.424. The van der Waals surface area contributed by atoms with Crippen molar-refractivity contribution in [3.63, 3.8) is 0 Å². The molecule has 0 radical (unpaired) electrons. The van der Waals surface area contributed by atoms with Crippen molar-refractivity contribution in [2.24, 2.45) is 0 Å². The van der Waals surface area contributed by atoms with Crippen molar-refractivity contribution in [3.05, 3.63) is 48.3 Å². The standard InChI is InChI=1S/C16H15FO6S/c1-24(18,19)21-10-14-9-20-15-7-6-13(8-16(15)23-14)22-12-4-2-11(17)3-5-12/h2-8,14H,9-10H2,1H3. The minimum absolute atomic E-state index is 0.138. The van der Waals surface area contributed by atoms with Crippen molar-refractivity contribution in [3.8, 4) is 23.0 Å². The molecule has 24 heavy (non-hydrogen) atoms. The van der Waals surface area contributed by atoms with E-state index in [1.165, 1.54) is 24.3 Å². The number of benzene rings is 2. The molecule has 0 bridgehead atoms. The Labute approximate surface area is 138 Å². The number of halogens is 1. The van der Waals surface area contributed by atoms with Crippen LogP contribution in [-0.2, 0) is 14.3 Å². The summed E-state index contributed by atoms with van der Waals surface area (Å²) < 4.78 is 56.5. The van der Waals surface area contributed by atoms with E-state index in [4.69, 9.17) is 18.4 Å². The van der Waals surface area contributed by atoms with Gasteiger partial charge in [-0.05, 0) is 36.4 Å². The van der Waals surface area contributed by atoms with E-state index in [2.05, 4.69) is 0 Å². The van der Waals surface area contributed by atoms with Crippen molar-refractivity contribution in [1.82, 2.24) is 0 Å². The Balaban J connectivity index is 1.70. The molecule has 0 saturated heterocycles. The highest BCUT2D eigenvalue weighted by Gasteiger charge is 2.23. The molecule has 2 aromatic carbocycles. The lowest BCUT2D eigenvalue weighted by Crippen LogP contribution is -2.34. The van der Waals surface area contributed by atoms with Crippen LogP contribution < -0.4 is 14.2 Å². The molecule has 8 heteroatoms. The summed E-state index contributed by atoms with van der Waals surface area (Å²) in [6.45, 7) is 0.0437. The van der Waals surface area contributed by atoms with Crippen molar-refractivity contribution in [1.29, 1.82) is 0 Å². The Morgan fingerprint density at radius 1 is 1.12 bits per heavy atom. The first-order valence-electron chi connectivity index (χ1n) is 7.10. The summed E-state index contributed by atoms with van der Waals surface area (Å²) in [7, 11) is -3.54. The van der Waals surface area contributed by atoms with Crippen molar-refractivity contribution >= 4 is 10.1 Å². The molecule has 0 saturated carbocycles. The lowest BCUT2D eigenvalue weighted by molar-refractivity contribution is 0.0555. The molecule has 0 aromatic heterocycles. The van der Waals surface area contributed by atoms with Gasteiger partial charge in [-0.1, -0.05) is 0 Å². The van der Waals surface area contributed by atoms with E-state index in [0.29, 0.717) is 23.0 Å². The maximum Gasteiger partial charge on any atom is 0.264 e. The lowest BCUT2D eigenvalue weighted by atomic mass is 10.2. The molecule has 1 unspecified atom stereocenters. The Kier molecular flexibility index (Phi) is 4.59. The van der Waals surface area contributed by atoms with Gasteiger partial charge in [0.05, 0.1) is 6.26 Å². The Morgan fingerprint density at radius 3 is 2.54 bits per heavy atom. The largest absolute Gasteiger partial charge is 0.486 e. The summed E-state index contributed by atoms with van der Waals surface area (Å²) in [5, 5.41) is 0. The Hall–Kier alpha value is -2.32. The Bertz CT molecular complexity index is 819. The minimum atomic E-state index is -3.54. The summed E-state index contributed by atoms with van der Waals surface area (Å²) >= 11 is 0. The van der Waals surface area contributed by atoms with Gasteiger partial charge in [0.1, 0.15) is 30.5 Å². The molecule has 0 N–H and O–H groups in total. The Morgan fingerprint density at radius 2 is 1.83 bits per heavy atom. The fourth-order valence-corrected chi connectivity index (χ4v) is 2.48. The molecule has 1 heterocycles. The van der Waals surface area contributed by atoms with Crippen molar-refractivity contribution < 1.29 is 31.2 Å². The van der Waals surface area contributed by atoms with E-state index in [9.17, 15) is 12.8 Å². The van der Waals surface area contributed by atoms with Crippen LogP contribution in [0, 0.1) is 5.82 Å². The number of hydrogen-bond donors (Lipinski definition) is 0. The molecule has 6 nitrogen and oxygen atoms in total. The lowest BCUT2D eigenvalue weighted by Gasteiger charge is -2.26. The van der Waals surface area contributed by atoms with E-state index in [-0.39, 0.29) is 19.0 Å². The van der Waals surface area contributed by atoms with Gasteiger partial charge in [0, 0.05) is 6.07 Å². The van der Waals surface area contributed by atoms with Crippen LogP contribution in [0.4, 0.5) is 4.39 Å². The van der Waals surface area contributed by atoms with E-state index in [0.717, 1.165) is 6.26 Å². The minimum Gasteiger partial charge on any atom is -0.486 e. The highest BCUT2D eigenvalue weighted by molar-refractivity contribution is 7.85. The fourth-order valence-electron chi connectivity index (χ4n) is 2.08. The zero-order valence-corrected chi connectivity index (χ0v) is 13.6. The quantitative estimate of drug-likeness (QED) is 0.769. The summed E-state index contributed by atoms with van der Waals surface area (Å²) in [5.74, 6) is 1.55. The van der Waals surface area contributed by atoms with Gasteiger partial charge in [-0.15, -0.1) is 0 Å². The third-order valence-electron chi connectivity index (χ3n) is 3.15. The third-order valence-corrected chi connectivity index (χ3v) is 3.72. The van der Waals surface area contributed by atoms with Crippen LogP contribution in [0.5, 0.6) is 23.0 Å². The monoisotopic (exact) mass is 354 g/mol. The molecule has 1 aliphatic rings. The zero-order valence-electron chi connectivity index (χ0n) is 12.8. The van der Waals surface area contributed by atoms with E-state index in [1.807, 2.05) is 0 Å². The highest BCUT2D eigenvalue weighted by atomic mass is 32.2. The van der Waals surface area contributed by atoms with Crippen LogP contribution >= 0.6 is 0 Å². The normalized spacial score (nSPS) is 16.7. The predicted octanol–water partition coefficient (Wildman–Crippen LogP) is 2.73. The zero-order chi connectivity index (χ0) is 17.2. The number of rotatable bonds is 5. The molecule has 0 aliphatic carbocycles. The maximum absolute atomic E-state index is 12.9. The van der Waals surface area contributed by atoms with Crippen molar-refractivity contribution in [2.45, 2.75) is 6.10 Å². The van der Waals surface area contributed by atoms with Crippen LogP contribution in [-0.4, -0.2) is 34.0 Å². The predicted molar refractivity (Wildman–Crippen MR) is 83.6 cm³/mol. The van der Waals surface area contributed by atoms with Gasteiger partial charge in [0.25, 0.3) is 10.1 Å². The summed E-state index contributed by atoms with van der Waals surface area (Å²) in [5.41, 5.74) is 0. The van der Waals surface area contributed by atoms with Crippen LogP contribution in [0.25, 0.3) is 0 Å². The van der Waals surface area contributed by atoms with E-state index >= 15 is 0 Å². The molecule has 0 fully saturated rings. The molecule has 2 aromatic rings. The average molecular weight is 354 g/mol. The molecule has 128 valence electrons. The number of fused-ring (bicyclic) bond motifs is 1. The molecule has 0 amide bonds. The first-order valence-corrected chi connectivity index (χ1v) is 8.92. The molecule has 1 atom stereocenters. The molecular formula is C16H15FO6S. The molecular weight excluding hydrogens is 339 g/mol. The average Bonchev–Trinajstić information content (AvgIpc) is 2.54. The summed E-state index contributed by atoms with van der Waals surface area (Å²) in [6, 6.07) is 10.6. The van der Waals surface area contributed by atoms with Gasteiger partial charge in [0.2, 0.25) is 0 Å². The van der Waals surface area contributed by atoms with Crippen LogP contribution in [0.2, 0.25) is 0 Å². The summed E-state index contributed by atoms with van der Waals surface area (Å²) in [4.78, 5) is 0. The van der Waals surface area contributed by atoms with Gasteiger partial charge in [0.15, 0.2) is 17.6 Å². The number of ether oxygens (including phenoxy) is 3. The SMILES string of the molecule is CS(=O)(=O)OCC1COc2ccc(Oc3ccc(F)cc3)cc2O1. The molecule has 3 rings (SSSR count). The number of hydrogen-bond acceptors (Lipinski definition) is 6. The second-order valence-electron chi connectivity index (χ2n) is 5.20. The van der Waals surface area contributed by atoms with Crippen LogP contribution in [0.1, 0.15) is 0 Å².